The van der Waals surface area contributed by atoms with E-state index in [0.717, 1.165) is 13.0 Å². The van der Waals surface area contributed by atoms with Gasteiger partial charge in [-0.05, 0) is 20.3 Å². The lowest BCUT2D eigenvalue weighted by molar-refractivity contribution is -0.290. The Morgan fingerprint density at radius 2 is 1.85 bits per heavy atom. The molecule has 13 heavy (non-hydrogen) atoms. The molecule has 1 saturated heterocycles. The van der Waals surface area contributed by atoms with Crippen molar-refractivity contribution in [3.8, 4) is 0 Å². The second-order valence-electron chi connectivity index (χ2n) is 3.75. The zero-order valence-electron chi connectivity index (χ0n) is 9.89. The Balaban J connectivity index is 0.000000671. The molecule has 1 rings (SSSR count). The Kier molecular flexibility index (Phi) is 5.57. The van der Waals surface area contributed by atoms with Crippen molar-refractivity contribution < 1.29 is 9.47 Å². The minimum Gasteiger partial charge on any atom is -0.350 e. The summed E-state index contributed by atoms with van der Waals surface area (Å²) in [5.74, 6) is 0.167. The molecule has 0 aliphatic carbocycles. The second-order valence-corrected chi connectivity index (χ2v) is 3.75. The summed E-state index contributed by atoms with van der Waals surface area (Å²) in [6, 6.07) is 0. The molecule has 0 spiro atoms. The van der Waals surface area contributed by atoms with E-state index < -0.39 is 0 Å². The van der Waals surface area contributed by atoms with E-state index in [-0.39, 0.29) is 5.79 Å². The highest BCUT2D eigenvalue weighted by Gasteiger charge is 2.32. The van der Waals surface area contributed by atoms with Crippen LogP contribution in [0.2, 0.25) is 0 Å². The molecule has 2 nitrogen and oxygen atoms in total. The van der Waals surface area contributed by atoms with E-state index in [4.69, 9.17) is 9.47 Å². The lowest BCUT2D eigenvalue weighted by Gasteiger charge is -2.39. The maximum absolute atomic E-state index is 5.71. The van der Waals surface area contributed by atoms with E-state index in [1.807, 2.05) is 27.7 Å². The van der Waals surface area contributed by atoms with Crippen molar-refractivity contribution in [1.29, 1.82) is 0 Å². The predicted octanol–water partition coefficient (Wildman–Crippen LogP) is 3.21. The maximum Gasteiger partial charge on any atom is 0.163 e. The maximum atomic E-state index is 5.71. The van der Waals surface area contributed by atoms with Crippen LogP contribution in [0.25, 0.3) is 0 Å². The van der Waals surface area contributed by atoms with Gasteiger partial charge in [0.1, 0.15) is 0 Å². The van der Waals surface area contributed by atoms with Crippen LogP contribution in [0, 0.1) is 5.92 Å². The number of rotatable bonds is 1. The van der Waals surface area contributed by atoms with Crippen molar-refractivity contribution in [2.75, 3.05) is 6.61 Å². The summed E-state index contributed by atoms with van der Waals surface area (Å²) in [5, 5.41) is 0. The van der Waals surface area contributed by atoms with Gasteiger partial charge in [0.15, 0.2) is 5.79 Å². The molecule has 2 atom stereocenters. The Morgan fingerprint density at radius 1 is 1.31 bits per heavy atom. The summed E-state index contributed by atoms with van der Waals surface area (Å²) in [7, 11) is 0. The monoisotopic (exact) mass is 188 g/mol. The summed E-state index contributed by atoms with van der Waals surface area (Å²) in [6.07, 6.45) is 1.45. The fraction of sp³-hybridized carbons (Fsp3) is 1.00. The van der Waals surface area contributed by atoms with Gasteiger partial charge in [0.05, 0.1) is 12.7 Å². The Hall–Kier alpha value is -0.0800. The van der Waals surface area contributed by atoms with Gasteiger partial charge >= 0.3 is 0 Å². The molecule has 1 aliphatic heterocycles. The number of ether oxygens (including phenoxy) is 2. The summed E-state index contributed by atoms with van der Waals surface area (Å²) in [4.78, 5) is 0. The van der Waals surface area contributed by atoms with Crippen LogP contribution in [0.3, 0.4) is 0 Å². The number of hydrogen-bond donors (Lipinski definition) is 0. The van der Waals surface area contributed by atoms with Crippen LogP contribution in [0.5, 0.6) is 0 Å². The van der Waals surface area contributed by atoms with E-state index in [0.29, 0.717) is 12.0 Å². The zero-order chi connectivity index (χ0) is 10.5. The van der Waals surface area contributed by atoms with Gasteiger partial charge in [-0.2, -0.15) is 0 Å². The van der Waals surface area contributed by atoms with E-state index >= 15 is 0 Å². The lowest BCUT2D eigenvalue weighted by Crippen LogP contribution is -2.44. The fourth-order valence-corrected chi connectivity index (χ4v) is 1.44. The largest absolute Gasteiger partial charge is 0.350 e. The third-order valence-electron chi connectivity index (χ3n) is 2.17. The van der Waals surface area contributed by atoms with Gasteiger partial charge in [-0.1, -0.05) is 27.7 Å². The second kappa shape index (κ2) is 5.61. The van der Waals surface area contributed by atoms with E-state index in [1.54, 1.807) is 0 Å². The molecule has 2 unspecified atom stereocenters. The molecule has 2 heteroatoms. The van der Waals surface area contributed by atoms with E-state index in [1.165, 1.54) is 0 Å². The van der Waals surface area contributed by atoms with Gasteiger partial charge in [-0.15, -0.1) is 0 Å². The van der Waals surface area contributed by atoms with E-state index in [2.05, 4.69) is 13.8 Å². The van der Waals surface area contributed by atoms with Gasteiger partial charge in [0, 0.05) is 5.92 Å². The van der Waals surface area contributed by atoms with Crippen molar-refractivity contribution in [1.82, 2.24) is 0 Å². The summed E-state index contributed by atoms with van der Waals surface area (Å²) >= 11 is 0. The molecule has 80 valence electrons. The average molecular weight is 188 g/mol. The highest BCUT2D eigenvalue weighted by Crippen LogP contribution is 2.27. The van der Waals surface area contributed by atoms with Crippen LogP contribution in [0.1, 0.15) is 48.0 Å². The molecule has 0 bridgehead atoms. The molecular formula is C11H24O2. The first kappa shape index (κ1) is 12.9. The quantitative estimate of drug-likeness (QED) is 0.629. The molecule has 0 aromatic rings. The van der Waals surface area contributed by atoms with Crippen LogP contribution in [-0.4, -0.2) is 18.5 Å². The van der Waals surface area contributed by atoms with Crippen LogP contribution in [0.4, 0.5) is 0 Å². The smallest absolute Gasteiger partial charge is 0.163 e. The molecule has 0 saturated carbocycles. The average Bonchev–Trinajstić information content (AvgIpc) is 2.13. The molecule has 1 aliphatic rings. The standard InChI is InChI=1S/C9H18O2.C2H6/c1-5-8-7(2)6-10-9(3,4)11-8;1-2/h7-8H,5-6H2,1-4H3;1-2H3. The highest BCUT2D eigenvalue weighted by molar-refractivity contribution is 4.73. The topological polar surface area (TPSA) is 18.5 Å². The fourth-order valence-electron chi connectivity index (χ4n) is 1.44. The molecular weight excluding hydrogens is 164 g/mol. The third kappa shape index (κ3) is 4.10. The lowest BCUT2D eigenvalue weighted by atomic mass is 10.0. The first-order valence-electron chi connectivity index (χ1n) is 5.37. The van der Waals surface area contributed by atoms with Crippen LogP contribution in [0.15, 0.2) is 0 Å². The molecule has 0 N–H and O–H groups in total. The molecule has 1 heterocycles. The van der Waals surface area contributed by atoms with Crippen LogP contribution < -0.4 is 0 Å². The minimum atomic E-state index is -0.368. The highest BCUT2D eigenvalue weighted by atomic mass is 16.7. The van der Waals surface area contributed by atoms with Crippen molar-refractivity contribution >= 4 is 0 Å². The first-order chi connectivity index (χ1) is 6.05. The van der Waals surface area contributed by atoms with Gasteiger partial charge in [-0.3, -0.25) is 0 Å². The molecule has 0 amide bonds. The summed E-state index contributed by atoms with van der Waals surface area (Å²) < 4.78 is 11.2. The zero-order valence-corrected chi connectivity index (χ0v) is 9.89. The van der Waals surface area contributed by atoms with E-state index in [9.17, 15) is 0 Å². The van der Waals surface area contributed by atoms with Crippen molar-refractivity contribution in [2.45, 2.75) is 59.9 Å². The van der Waals surface area contributed by atoms with Gasteiger partial charge < -0.3 is 9.47 Å². The van der Waals surface area contributed by atoms with Gasteiger partial charge in [0.25, 0.3) is 0 Å². The van der Waals surface area contributed by atoms with Gasteiger partial charge in [0.2, 0.25) is 0 Å². The molecule has 1 fully saturated rings. The van der Waals surface area contributed by atoms with Crippen LogP contribution >= 0.6 is 0 Å². The SMILES string of the molecule is CC.CCC1OC(C)(C)OCC1C. The van der Waals surface area contributed by atoms with Gasteiger partial charge in [-0.25, -0.2) is 0 Å². The van der Waals surface area contributed by atoms with Crippen molar-refractivity contribution in [3.05, 3.63) is 0 Å². The van der Waals surface area contributed by atoms with Crippen molar-refractivity contribution in [2.24, 2.45) is 5.92 Å². The Labute approximate surface area is 82.6 Å². The van der Waals surface area contributed by atoms with Crippen LogP contribution in [-0.2, 0) is 9.47 Å². The first-order valence-corrected chi connectivity index (χ1v) is 5.37. The minimum absolute atomic E-state index is 0.368. The predicted molar refractivity (Wildman–Crippen MR) is 55.7 cm³/mol. The third-order valence-corrected chi connectivity index (χ3v) is 2.17. The number of hydrogen-bond acceptors (Lipinski definition) is 2. The molecule has 0 aromatic carbocycles. The summed E-state index contributed by atoms with van der Waals surface area (Å²) in [5.41, 5.74) is 0. The van der Waals surface area contributed by atoms with Crippen molar-refractivity contribution in [3.63, 3.8) is 0 Å². The molecule has 0 radical (unpaired) electrons. The Morgan fingerprint density at radius 3 is 2.23 bits per heavy atom. The Bertz CT molecular complexity index is 132. The normalized spacial score (nSPS) is 31.8. The summed E-state index contributed by atoms with van der Waals surface area (Å²) in [6.45, 7) is 13.1. The molecule has 0 aromatic heterocycles.